The number of nitrogens with one attached hydrogen (secondary N) is 4. The van der Waals surface area contributed by atoms with Crippen LogP contribution in [0.4, 0.5) is 10.5 Å². The lowest BCUT2D eigenvalue weighted by Gasteiger charge is -2.41. The molecular weight excluding hydrogens is 220 g/mol. The van der Waals surface area contributed by atoms with Gasteiger partial charge < -0.3 is 16.0 Å². The number of urea groups is 1. The normalized spacial score (nSPS) is 26.8. The number of anilines is 1. The Morgan fingerprint density at radius 1 is 1.12 bits per heavy atom. The molecule has 1 aromatic rings. The van der Waals surface area contributed by atoms with Crippen LogP contribution in [0.15, 0.2) is 24.3 Å². The van der Waals surface area contributed by atoms with Crippen LogP contribution in [0.5, 0.6) is 0 Å². The summed E-state index contributed by atoms with van der Waals surface area (Å²) in [5, 5.41) is 11.2. The highest BCUT2D eigenvalue weighted by Crippen LogP contribution is 2.30. The number of fused-ring (bicyclic) bond motifs is 2. The summed E-state index contributed by atoms with van der Waals surface area (Å²) in [6, 6.07) is 6.87. The molecule has 0 aromatic heterocycles. The van der Waals surface area contributed by atoms with Crippen molar-refractivity contribution in [3.05, 3.63) is 29.8 Å². The summed E-state index contributed by atoms with van der Waals surface area (Å²) in [7, 11) is 0. The van der Waals surface area contributed by atoms with Crippen molar-refractivity contribution in [1.29, 1.82) is 0 Å². The van der Waals surface area contributed by atoms with Gasteiger partial charge in [0.05, 0.1) is 0 Å². The van der Waals surface area contributed by atoms with Crippen molar-refractivity contribution in [3.63, 3.8) is 0 Å². The van der Waals surface area contributed by atoms with Gasteiger partial charge in [0.2, 0.25) is 5.66 Å². The third-order valence-electron chi connectivity index (χ3n) is 3.02. The van der Waals surface area contributed by atoms with Gasteiger partial charge in [-0.3, -0.25) is 10.1 Å². The van der Waals surface area contributed by atoms with Crippen LogP contribution in [-0.2, 0) is 10.5 Å². The van der Waals surface area contributed by atoms with Crippen LogP contribution in [0.3, 0.4) is 0 Å². The molecule has 17 heavy (non-hydrogen) atoms. The number of hydrogen-bond acceptors (Lipinski definition) is 3. The van der Waals surface area contributed by atoms with E-state index >= 15 is 0 Å². The second-order valence-corrected chi connectivity index (χ2v) is 4.06. The molecule has 1 saturated heterocycles. The van der Waals surface area contributed by atoms with Crippen LogP contribution >= 0.6 is 0 Å². The minimum absolute atomic E-state index is 0.231. The standard InChI is InChI=1S/C11H12N4O2/c16-9-11(13-6-5-12-9)7-3-1-2-4-8(7)14-10(17)15-11/h1-4,13H,5-6H2,(H,12,16)(H2,14,15,17). The molecule has 1 spiro atoms. The van der Waals surface area contributed by atoms with Gasteiger partial charge in [0.1, 0.15) is 0 Å². The second-order valence-electron chi connectivity index (χ2n) is 4.06. The molecule has 2 aliphatic rings. The Hall–Kier alpha value is -2.08. The average Bonchev–Trinajstić information content (AvgIpc) is 2.33. The molecule has 0 aliphatic carbocycles. The van der Waals surface area contributed by atoms with E-state index < -0.39 is 5.66 Å². The number of carbonyl (C=O) groups excluding carboxylic acids is 2. The molecule has 88 valence electrons. The van der Waals surface area contributed by atoms with Gasteiger partial charge in [0.15, 0.2) is 0 Å². The van der Waals surface area contributed by atoms with Crippen molar-refractivity contribution in [2.45, 2.75) is 5.66 Å². The molecule has 2 heterocycles. The van der Waals surface area contributed by atoms with Gasteiger partial charge in [-0.15, -0.1) is 0 Å². The fraction of sp³-hybridized carbons (Fsp3) is 0.273. The summed E-state index contributed by atoms with van der Waals surface area (Å²) < 4.78 is 0. The Bertz CT molecular complexity index is 502. The lowest BCUT2D eigenvalue weighted by Crippen LogP contribution is -2.71. The fourth-order valence-corrected chi connectivity index (χ4v) is 2.27. The van der Waals surface area contributed by atoms with Crippen LogP contribution in [0.25, 0.3) is 0 Å². The van der Waals surface area contributed by atoms with E-state index in [9.17, 15) is 9.59 Å². The first-order valence-corrected chi connectivity index (χ1v) is 5.44. The van der Waals surface area contributed by atoms with E-state index in [1.54, 1.807) is 6.07 Å². The summed E-state index contributed by atoms with van der Waals surface area (Å²) in [6.45, 7) is 1.17. The lowest BCUT2D eigenvalue weighted by molar-refractivity contribution is -0.130. The number of benzene rings is 1. The maximum Gasteiger partial charge on any atom is 0.321 e. The Labute approximate surface area is 97.8 Å². The van der Waals surface area contributed by atoms with Crippen molar-refractivity contribution in [2.24, 2.45) is 0 Å². The van der Waals surface area contributed by atoms with Gasteiger partial charge in [0.25, 0.3) is 5.91 Å². The zero-order valence-corrected chi connectivity index (χ0v) is 9.04. The summed E-state index contributed by atoms with van der Waals surface area (Å²) >= 11 is 0. The minimum atomic E-state index is -1.14. The highest BCUT2D eigenvalue weighted by Gasteiger charge is 2.47. The smallest absolute Gasteiger partial charge is 0.321 e. The third-order valence-corrected chi connectivity index (χ3v) is 3.02. The summed E-state index contributed by atoms with van der Waals surface area (Å²) in [6.07, 6.45) is 0. The molecule has 6 heteroatoms. The molecule has 0 bridgehead atoms. The highest BCUT2D eigenvalue weighted by atomic mass is 16.2. The summed E-state index contributed by atoms with van der Waals surface area (Å²) in [5.74, 6) is -0.231. The van der Waals surface area contributed by atoms with Gasteiger partial charge in [-0.05, 0) is 6.07 Å². The van der Waals surface area contributed by atoms with E-state index in [1.807, 2.05) is 18.2 Å². The first-order valence-electron chi connectivity index (χ1n) is 5.44. The van der Waals surface area contributed by atoms with Crippen molar-refractivity contribution in [1.82, 2.24) is 16.0 Å². The molecule has 1 atom stereocenters. The monoisotopic (exact) mass is 232 g/mol. The Morgan fingerprint density at radius 3 is 2.76 bits per heavy atom. The molecule has 0 saturated carbocycles. The molecular formula is C11H12N4O2. The van der Waals surface area contributed by atoms with Gasteiger partial charge in [-0.1, -0.05) is 18.2 Å². The topological polar surface area (TPSA) is 82.3 Å². The molecule has 6 nitrogen and oxygen atoms in total. The van der Waals surface area contributed by atoms with Crippen molar-refractivity contribution in [2.75, 3.05) is 18.4 Å². The molecule has 1 unspecified atom stereocenters. The first-order chi connectivity index (χ1) is 8.22. The van der Waals surface area contributed by atoms with E-state index in [1.165, 1.54) is 0 Å². The van der Waals surface area contributed by atoms with Crippen molar-refractivity contribution >= 4 is 17.6 Å². The minimum Gasteiger partial charge on any atom is -0.351 e. The van der Waals surface area contributed by atoms with Crippen LogP contribution < -0.4 is 21.3 Å². The Morgan fingerprint density at radius 2 is 1.94 bits per heavy atom. The predicted molar refractivity (Wildman–Crippen MR) is 61.3 cm³/mol. The number of piperazine rings is 1. The number of rotatable bonds is 0. The van der Waals surface area contributed by atoms with Crippen LogP contribution in [0, 0.1) is 0 Å². The van der Waals surface area contributed by atoms with Crippen LogP contribution in [0.1, 0.15) is 5.56 Å². The Balaban J connectivity index is 2.16. The maximum atomic E-state index is 12.1. The molecule has 0 radical (unpaired) electrons. The van der Waals surface area contributed by atoms with E-state index in [-0.39, 0.29) is 11.9 Å². The van der Waals surface area contributed by atoms with Crippen molar-refractivity contribution < 1.29 is 9.59 Å². The zero-order valence-electron chi connectivity index (χ0n) is 9.04. The average molecular weight is 232 g/mol. The zero-order chi connectivity index (χ0) is 11.9. The quantitative estimate of drug-likeness (QED) is 0.495. The third kappa shape index (κ3) is 1.38. The van der Waals surface area contributed by atoms with Gasteiger partial charge in [0, 0.05) is 24.3 Å². The van der Waals surface area contributed by atoms with Crippen LogP contribution in [-0.4, -0.2) is 25.0 Å². The Kier molecular flexibility index (Phi) is 2.05. The number of amides is 3. The molecule has 3 rings (SSSR count). The first kappa shape index (κ1) is 10.1. The fourth-order valence-electron chi connectivity index (χ4n) is 2.27. The lowest BCUT2D eigenvalue weighted by atomic mass is 9.93. The molecule has 2 aliphatic heterocycles. The molecule has 1 fully saturated rings. The summed E-state index contributed by atoms with van der Waals surface area (Å²) in [5.41, 5.74) is 0.245. The number of carbonyl (C=O) groups is 2. The van der Waals surface area contributed by atoms with E-state index in [4.69, 9.17) is 0 Å². The summed E-state index contributed by atoms with van der Waals surface area (Å²) in [4.78, 5) is 23.7. The van der Waals surface area contributed by atoms with Crippen molar-refractivity contribution in [3.8, 4) is 0 Å². The predicted octanol–water partition coefficient (Wildman–Crippen LogP) is -0.306. The van der Waals surface area contributed by atoms with Gasteiger partial charge in [-0.25, -0.2) is 4.79 Å². The highest BCUT2D eigenvalue weighted by molar-refractivity contribution is 6.02. The van der Waals surface area contributed by atoms with Crippen LogP contribution in [0.2, 0.25) is 0 Å². The van der Waals surface area contributed by atoms with Gasteiger partial charge >= 0.3 is 6.03 Å². The number of para-hydroxylation sites is 1. The molecule has 4 N–H and O–H groups in total. The second kappa shape index (κ2) is 3.46. The van der Waals surface area contributed by atoms with E-state index in [0.29, 0.717) is 18.8 Å². The van der Waals surface area contributed by atoms with E-state index in [0.717, 1.165) is 5.56 Å². The maximum absolute atomic E-state index is 12.1. The number of hydrogen-bond donors (Lipinski definition) is 4. The SMILES string of the molecule is O=C1Nc2ccccc2C2(NCCNC2=O)N1. The molecule has 1 aromatic carbocycles. The van der Waals surface area contributed by atoms with E-state index in [2.05, 4.69) is 21.3 Å². The largest absolute Gasteiger partial charge is 0.351 e. The molecule has 3 amide bonds. The van der Waals surface area contributed by atoms with Gasteiger partial charge in [-0.2, -0.15) is 0 Å².